The molecule has 0 aromatic heterocycles. The summed E-state index contributed by atoms with van der Waals surface area (Å²) in [7, 11) is 0. The zero-order valence-electron chi connectivity index (χ0n) is 11.5. The molecule has 0 bridgehead atoms. The number of hydrogen-bond acceptors (Lipinski definition) is 1. The van der Waals surface area contributed by atoms with Crippen molar-refractivity contribution in [3.8, 4) is 0 Å². The van der Waals surface area contributed by atoms with E-state index >= 15 is 0 Å². The molecule has 1 amide bonds. The van der Waals surface area contributed by atoms with Crippen LogP contribution in [0.4, 0.5) is 5.69 Å². The third-order valence-corrected chi connectivity index (χ3v) is 4.69. The topological polar surface area (TPSA) is 29.1 Å². The lowest BCUT2D eigenvalue weighted by Crippen LogP contribution is -2.17. The molecule has 1 aliphatic carbocycles. The molecule has 0 heterocycles. The normalized spacial score (nSPS) is 23.1. The Hall–Kier alpha value is -0.510. The molecule has 1 N–H and O–H groups in total. The van der Waals surface area contributed by atoms with Crippen molar-refractivity contribution in [3.05, 3.63) is 38.8 Å². The second-order valence-corrected chi connectivity index (χ2v) is 7.65. The number of anilines is 1. The van der Waals surface area contributed by atoms with E-state index in [0.29, 0.717) is 0 Å². The molecular formula is C15H16BrCl2NO. The predicted octanol–water partition coefficient (Wildman–Crippen LogP) is 5.29. The number of carbonyl (C=O) groups excluding carboxylic acids is 1. The van der Waals surface area contributed by atoms with E-state index in [-0.39, 0.29) is 27.6 Å². The Labute approximate surface area is 137 Å². The van der Waals surface area contributed by atoms with E-state index in [9.17, 15) is 4.79 Å². The molecule has 5 heteroatoms. The Morgan fingerprint density at radius 3 is 2.60 bits per heavy atom. The van der Waals surface area contributed by atoms with Crippen molar-refractivity contribution in [1.29, 1.82) is 0 Å². The van der Waals surface area contributed by atoms with E-state index in [1.165, 1.54) is 0 Å². The summed E-state index contributed by atoms with van der Waals surface area (Å²) in [5, 5.41) is 2.98. The summed E-state index contributed by atoms with van der Waals surface area (Å²) in [6, 6.07) is 5.78. The highest BCUT2D eigenvalue weighted by Crippen LogP contribution is 2.60. The lowest BCUT2D eigenvalue weighted by Gasteiger charge is -2.09. The van der Waals surface area contributed by atoms with Crippen LogP contribution in [0.5, 0.6) is 0 Å². The van der Waals surface area contributed by atoms with Crippen LogP contribution < -0.4 is 5.32 Å². The highest BCUT2D eigenvalue weighted by atomic mass is 79.9. The Balaban J connectivity index is 2.12. The van der Waals surface area contributed by atoms with E-state index in [1.807, 2.05) is 39.0 Å². The van der Waals surface area contributed by atoms with Crippen LogP contribution in [0, 0.1) is 24.2 Å². The monoisotopic (exact) mass is 375 g/mol. The van der Waals surface area contributed by atoms with Gasteiger partial charge in [-0.05, 0) is 48.1 Å². The van der Waals surface area contributed by atoms with Crippen LogP contribution in [-0.2, 0) is 4.79 Å². The fourth-order valence-corrected chi connectivity index (χ4v) is 3.35. The number of aryl methyl sites for hydroxylation is 1. The quantitative estimate of drug-likeness (QED) is 0.763. The van der Waals surface area contributed by atoms with E-state index in [0.717, 1.165) is 15.7 Å². The van der Waals surface area contributed by atoms with E-state index in [2.05, 4.69) is 21.2 Å². The van der Waals surface area contributed by atoms with Gasteiger partial charge in [0.2, 0.25) is 5.91 Å². The summed E-state index contributed by atoms with van der Waals surface area (Å²) in [5.74, 6) is -0.00226. The summed E-state index contributed by atoms with van der Waals surface area (Å²) < 4.78 is 1.22. The SMILES string of the molecule is Cc1cc(Br)ccc1NC(=O)[C@H]1[C@H](C=C(Cl)Cl)C1(C)C. The van der Waals surface area contributed by atoms with Gasteiger partial charge in [-0.25, -0.2) is 0 Å². The number of benzene rings is 1. The van der Waals surface area contributed by atoms with E-state index < -0.39 is 0 Å². The van der Waals surface area contributed by atoms with Crippen molar-refractivity contribution >= 4 is 50.7 Å². The van der Waals surface area contributed by atoms with Gasteiger partial charge in [-0.1, -0.05) is 53.0 Å². The van der Waals surface area contributed by atoms with Crippen LogP contribution in [0.25, 0.3) is 0 Å². The van der Waals surface area contributed by atoms with Crippen LogP contribution in [0.3, 0.4) is 0 Å². The van der Waals surface area contributed by atoms with Gasteiger partial charge in [-0.2, -0.15) is 0 Å². The Morgan fingerprint density at radius 2 is 2.05 bits per heavy atom. The average Bonchev–Trinajstić information content (AvgIpc) is 2.83. The number of hydrogen-bond donors (Lipinski definition) is 1. The number of nitrogens with one attached hydrogen (secondary N) is 1. The molecule has 20 heavy (non-hydrogen) atoms. The van der Waals surface area contributed by atoms with Crippen molar-refractivity contribution in [2.75, 3.05) is 5.32 Å². The summed E-state index contributed by atoms with van der Waals surface area (Å²) in [4.78, 5) is 12.4. The maximum absolute atomic E-state index is 12.4. The van der Waals surface area contributed by atoms with Crippen LogP contribution in [-0.4, -0.2) is 5.91 Å². The smallest absolute Gasteiger partial charge is 0.228 e. The first-order chi connectivity index (χ1) is 9.23. The largest absolute Gasteiger partial charge is 0.326 e. The lowest BCUT2D eigenvalue weighted by atomic mass is 10.1. The minimum atomic E-state index is -0.109. The molecule has 0 radical (unpaired) electrons. The molecule has 108 valence electrons. The van der Waals surface area contributed by atoms with Crippen LogP contribution in [0.15, 0.2) is 33.2 Å². The third-order valence-electron chi connectivity index (χ3n) is 3.95. The first-order valence-corrected chi connectivity index (χ1v) is 7.88. The fourth-order valence-electron chi connectivity index (χ4n) is 2.60. The number of rotatable bonds is 3. The van der Waals surface area contributed by atoms with Crippen molar-refractivity contribution in [2.24, 2.45) is 17.3 Å². The van der Waals surface area contributed by atoms with E-state index in [1.54, 1.807) is 6.08 Å². The zero-order valence-corrected chi connectivity index (χ0v) is 14.6. The molecule has 0 aliphatic heterocycles. The van der Waals surface area contributed by atoms with Gasteiger partial charge in [0.15, 0.2) is 0 Å². The van der Waals surface area contributed by atoms with Gasteiger partial charge in [-0.3, -0.25) is 4.79 Å². The van der Waals surface area contributed by atoms with Crippen molar-refractivity contribution < 1.29 is 4.79 Å². The Kier molecular flexibility index (Phi) is 4.53. The Morgan fingerprint density at radius 1 is 1.40 bits per heavy atom. The molecule has 0 spiro atoms. The summed E-state index contributed by atoms with van der Waals surface area (Å²) in [5.41, 5.74) is 1.75. The number of allylic oxidation sites excluding steroid dienone is 1. The first kappa shape index (κ1) is 15.9. The molecule has 1 aliphatic rings. The molecule has 1 aromatic rings. The van der Waals surface area contributed by atoms with Crippen LogP contribution >= 0.6 is 39.1 Å². The molecule has 2 nitrogen and oxygen atoms in total. The molecule has 0 saturated heterocycles. The van der Waals surface area contributed by atoms with Gasteiger partial charge in [-0.15, -0.1) is 0 Å². The molecule has 1 aromatic carbocycles. The van der Waals surface area contributed by atoms with Gasteiger partial charge in [0.25, 0.3) is 0 Å². The second-order valence-electron chi connectivity index (χ2n) is 5.73. The number of carbonyl (C=O) groups is 1. The second kappa shape index (κ2) is 5.70. The maximum Gasteiger partial charge on any atom is 0.228 e. The standard InChI is InChI=1S/C15H16BrCl2NO/c1-8-6-9(16)4-5-11(8)19-14(20)13-10(7-12(17)18)15(13,2)3/h4-7,10,13H,1-3H3,(H,19,20)/t10-,13+/m0/s1. The molecule has 2 rings (SSSR count). The third kappa shape index (κ3) is 3.21. The van der Waals surface area contributed by atoms with E-state index in [4.69, 9.17) is 23.2 Å². The van der Waals surface area contributed by atoms with Crippen molar-refractivity contribution in [2.45, 2.75) is 20.8 Å². The van der Waals surface area contributed by atoms with Gasteiger partial charge >= 0.3 is 0 Å². The molecule has 0 unspecified atom stereocenters. The van der Waals surface area contributed by atoms with Gasteiger partial charge in [0, 0.05) is 10.2 Å². The summed E-state index contributed by atoms with van der Waals surface area (Å²) in [6.07, 6.45) is 1.75. The molecular weight excluding hydrogens is 361 g/mol. The zero-order chi connectivity index (χ0) is 15.1. The number of halogens is 3. The minimum absolute atomic E-state index is 0.0104. The van der Waals surface area contributed by atoms with Gasteiger partial charge in [0.05, 0.1) is 5.92 Å². The summed E-state index contributed by atoms with van der Waals surface area (Å²) >= 11 is 14.8. The fraction of sp³-hybridized carbons (Fsp3) is 0.400. The van der Waals surface area contributed by atoms with Crippen molar-refractivity contribution in [1.82, 2.24) is 0 Å². The lowest BCUT2D eigenvalue weighted by molar-refractivity contribution is -0.118. The highest BCUT2D eigenvalue weighted by molar-refractivity contribution is 9.10. The maximum atomic E-state index is 12.4. The molecule has 1 fully saturated rings. The number of amides is 1. The molecule has 1 saturated carbocycles. The van der Waals surface area contributed by atoms with Crippen LogP contribution in [0.1, 0.15) is 19.4 Å². The van der Waals surface area contributed by atoms with Crippen molar-refractivity contribution in [3.63, 3.8) is 0 Å². The summed E-state index contributed by atoms with van der Waals surface area (Å²) in [6.45, 7) is 6.05. The highest BCUT2D eigenvalue weighted by Gasteiger charge is 2.60. The average molecular weight is 377 g/mol. The predicted molar refractivity (Wildman–Crippen MR) is 88.1 cm³/mol. The van der Waals surface area contributed by atoms with Gasteiger partial charge in [0.1, 0.15) is 4.49 Å². The van der Waals surface area contributed by atoms with Crippen LogP contribution in [0.2, 0.25) is 0 Å². The van der Waals surface area contributed by atoms with Gasteiger partial charge < -0.3 is 5.32 Å². The molecule has 2 atom stereocenters. The Bertz CT molecular complexity index is 579. The first-order valence-electron chi connectivity index (χ1n) is 6.33. The minimum Gasteiger partial charge on any atom is -0.326 e.